The van der Waals surface area contributed by atoms with Gasteiger partial charge in [0.05, 0.1) is 0 Å². The lowest BCUT2D eigenvalue weighted by molar-refractivity contribution is -0.158. The van der Waals surface area contributed by atoms with Crippen molar-refractivity contribution in [2.45, 2.75) is 147 Å². The number of esters is 2. The van der Waals surface area contributed by atoms with Crippen LogP contribution in [0.1, 0.15) is 134 Å². The summed E-state index contributed by atoms with van der Waals surface area (Å²) in [5.41, 5.74) is 0.839. The quantitative estimate of drug-likeness (QED) is 0.105. The number of piperidine rings is 1. The van der Waals surface area contributed by atoms with E-state index < -0.39 is 5.92 Å². The van der Waals surface area contributed by atoms with Crippen LogP contribution in [-0.2, 0) is 19.1 Å². The van der Waals surface area contributed by atoms with Gasteiger partial charge in [0, 0.05) is 31.3 Å². The Hall–Kier alpha value is -2.32. The Morgan fingerprint density at radius 2 is 1.43 bits per heavy atom. The number of nitrogens with zero attached hydrogens (tertiary/aromatic N) is 1. The zero-order valence-corrected chi connectivity index (χ0v) is 25.2. The molecule has 3 rings (SSSR count). The van der Waals surface area contributed by atoms with Crippen molar-refractivity contribution >= 4 is 11.9 Å². The van der Waals surface area contributed by atoms with Crippen molar-refractivity contribution in [1.29, 1.82) is 0 Å². The van der Waals surface area contributed by atoms with E-state index in [9.17, 15) is 9.59 Å². The number of benzene rings is 1. The third kappa shape index (κ3) is 11.7. The van der Waals surface area contributed by atoms with E-state index in [0.29, 0.717) is 18.5 Å². The van der Waals surface area contributed by atoms with E-state index >= 15 is 0 Å². The highest BCUT2D eigenvalue weighted by atomic mass is 16.6. The van der Waals surface area contributed by atoms with Gasteiger partial charge in [0.25, 0.3) is 0 Å². The fourth-order valence-electron chi connectivity index (χ4n) is 6.12. The number of hydrogen-bond donors (Lipinski definition) is 0. The molecular weight excluding hydrogens is 498 g/mol. The van der Waals surface area contributed by atoms with Gasteiger partial charge in [-0.05, 0) is 57.6 Å². The molecule has 0 saturated carbocycles. The molecule has 4 atom stereocenters. The van der Waals surface area contributed by atoms with Crippen molar-refractivity contribution in [3.63, 3.8) is 0 Å². The Balaban J connectivity index is 1.27. The first-order valence-electron chi connectivity index (χ1n) is 16.2. The third-order valence-electron chi connectivity index (χ3n) is 8.70. The molecule has 2 heterocycles. The molecule has 40 heavy (non-hydrogen) atoms. The molecule has 5 nitrogen and oxygen atoms in total. The van der Waals surface area contributed by atoms with Gasteiger partial charge in [-0.2, -0.15) is 0 Å². The second-order valence-corrected chi connectivity index (χ2v) is 11.9. The molecule has 222 valence electrons. The summed E-state index contributed by atoms with van der Waals surface area (Å²) >= 11 is 0. The van der Waals surface area contributed by atoms with Gasteiger partial charge in [0.2, 0.25) is 0 Å². The molecule has 1 aromatic carbocycles. The van der Waals surface area contributed by atoms with Gasteiger partial charge in [0.15, 0.2) is 0 Å². The molecule has 2 aliphatic rings. The van der Waals surface area contributed by atoms with Gasteiger partial charge in [-0.3, -0.25) is 9.59 Å². The van der Waals surface area contributed by atoms with Crippen LogP contribution >= 0.6 is 0 Å². The van der Waals surface area contributed by atoms with E-state index in [1.807, 2.05) is 30.3 Å². The molecule has 2 bridgehead atoms. The summed E-state index contributed by atoms with van der Waals surface area (Å²) < 4.78 is 11.6. The van der Waals surface area contributed by atoms with Crippen LogP contribution in [0.5, 0.6) is 0 Å². The maximum Gasteiger partial charge on any atom is 0.317 e. The topological polar surface area (TPSA) is 55.8 Å². The molecule has 0 radical (unpaired) electrons. The molecule has 0 spiro atoms. The van der Waals surface area contributed by atoms with Gasteiger partial charge < -0.3 is 14.4 Å². The second kappa shape index (κ2) is 18.9. The molecule has 0 amide bonds. The molecule has 0 N–H and O–H groups in total. The summed E-state index contributed by atoms with van der Waals surface area (Å²) in [6.45, 7) is 2.29. The SMILES string of the molecule is CCCCCCCCC#CCCCCCCCC(=O)OCC(C(=O)OC1C[C@H]2CC[C@@H](C1)N2C)c1ccccc1. The van der Waals surface area contributed by atoms with Crippen LogP contribution in [0.4, 0.5) is 0 Å². The van der Waals surface area contributed by atoms with Crippen LogP contribution in [-0.4, -0.2) is 48.7 Å². The highest BCUT2D eigenvalue weighted by Crippen LogP contribution is 2.36. The standard InChI is InChI=1S/C35H53NO4/c1-3-4-5-6-7-8-9-10-11-12-13-14-15-16-20-23-34(37)39-28-33(29-21-18-17-19-22-29)35(38)40-32-26-30-24-25-31(27-32)36(30)2/h17-19,21-22,30-33H,3-9,12-16,20,23-28H2,1-2H3/t30-,31+,32?,33?. The monoisotopic (exact) mass is 551 g/mol. The number of rotatable bonds is 18. The maximum absolute atomic E-state index is 13.2. The number of carbonyl (C=O) groups excluding carboxylic acids is 2. The molecule has 2 fully saturated rings. The summed E-state index contributed by atoms with van der Waals surface area (Å²) in [6.07, 6.45) is 19.7. The largest absolute Gasteiger partial charge is 0.464 e. The van der Waals surface area contributed by atoms with E-state index in [0.717, 1.165) is 63.4 Å². The lowest BCUT2D eigenvalue weighted by Gasteiger charge is -2.36. The number of ether oxygens (including phenoxy) is 2. The lowest BCUT2D eigenvalue weighted by Crippen LogP contribution is -2.44. The Morgan fingerprint density at radius 3 is 2.05 bits per heavy atom. The molecule has 2 unspecified atom stereocenters. The molecule has 0 aromatic heterocycles. The smallest absolute Gasteiger partial charge is 0.317 e. The number of carbonyl (C=O) groups is 2. The van der Waals surface area contributed by atoms with E-state index in [2.05, 4.69) is 30.7 Å². The minimum Gasteiger partial charge on any atom is -0.464 e. The van der Waals surface area contributed by atoms with E-state index in [-0.39, 0.29) is 24.6 Å². The zero-order chi connectivity index (χ0) is 28.4. The van der Waals surface area contributed by atoms with Crippen molar-refractivity contribution < 1.29 is 19.1 Å². The predicted molar refractivity (Wildman–Crippen MR) is 162 cm³/mol. The first-order chi connectivity index (χ1) is 19.6. The van der Waals surface area contributed by atoms with E-state index in [1.54, 1.807) is 0 Å². The predicted octanol–water partition coefficient (Wildman–Crippen LogP) is 7.97. The van der Waals surface area contributed by atoms with Crippen molar-refractivity contribution in [3.05, 3.63) is 35.9 Å². The van der Waals surface area contributed by atoms with E-state index in [1.165, 1.54) is 51.4 Å². The Labute approximate surface area is 243 Å². The van der Waals surface area contributed by atoms with Gasteiger partial charge in [-0.15, -0.1) is 11.8 Å². The third-order valence-corrected chi connectivity index (χ3v) is 8.70. The fourth-order valence-corrected chi connectivity index (χ4v) is 6.12. The molecular formula is C35H53NO4. The van der Waals surface area contributed by atoms with Gasteiger partial charge >= 0.3 is 11.9 Å². The highest BCUT2D eigenvalue weighted by molar-refractivity contribution is 5.79. The summed E-state index contributed by atoms with van der Waals surface area (Å²) in [7, 11) is 2.18. The summed E-state index contributed by atoms with van der Waals surface area (Å²) in [4.78, 5) is 28.1. The zero-order valence-electron chi connectivity index (χ0n) is 25.2. The highest BCUT2D eigenvalue weighted by Gasteiger charge is 2.40. The maximum atomic E-state index is 13.2. The summed E-state index contributed by atoms with van der Waals surface area (Å²) in [6, 6.07) is 10.6. The van der Waals surface area contributed by atoms with Crippen LogP contribution in [0.25, 0.3) is 0 Å². The molecule has 1 aromatic rings. The van der Waals surface area contributed by atoms with Crippen molar-refractivity contribution in [1.82, 2.24) is 4.90 Å². The lowest BCUT2D eigenvalue weighted by atomic mass is 9.98. The van der Waals surface area contributed by atoms with Crippen LogP contribution < -0.4 is 0 Å². The van der Waals surface area contributed by atoms with Crippen LogP contribution in [0.2, 0.25) is 0 Å². The first-order valence-corrected chi connectivity index (χ1v) is 16.2. The Morgan fingerprint density at radius 1 is 0.850 bits per heavy atom. The number of hydrogen-bond acceptors (Lipinski definition) is 5. The van der Waals surface area contributed by atoms with Crippen molar-refractivity contribution in [2.75, 3.05) is 13.7 Å². The van der Waals surface area contributed by atoms with Crippen LogP contribution in [0.3, 0.4) is 0 Å². The normalized spacial score (nSPS) is 20.9. The molecule has 2 aliphatic heterocycles. The second-order valence-electron chi connectivity index (χ2n) is 11.9. The summed E-state index contributed by atoms with van der Waals surface area (Å²) in [5, 5.41) is 0. The average Bonchev–Trinajstić information content (AvgIpc) is 3.15. The Bertz CT molecular complexity index is 906. The van der Waals surface area contributed by atoms with Crippen LogP contribution in [0, 0.1) is 11.8 Å². The molecule has 0 aliphatic carbocycles. The average molecular weight is 552 g/mol. The number of fused-ring (bicyclic) bond motifs is 2. The molecule has 2 saturated heterocycles. The first kappa shape index (κ1) is 32.2. The van der Waals surface area contributed by atoms with Gasteiger partial charge in [-0.25, -0.2) is 0 Å². The van der Waals surface area contributed by atoms with Gasteiger partial charge in [-0.1, -0.05) is 88.6 Å². The van der Waals surface area contributed by atoms with Gasteiger partial charge in [0.1, 0.15) is 18.6 Å². The minimum absolute atomic E-state index is 0.0402. The minimum atomic E-state index is -0.579. The fraction of sp³-hybridized carbons (Fsp3) is 0.714. The van der Waals surface area contributed by atoms with Crippen molar-refractivity contribution in [2.24, 2.45) is 0 Å². The molecule has 5 heteroatoms. The van der Waals surface area contributed by atoms with Crippen LogP contribution in [0.15, 0.2) is 30.3 Å². The Kier molecular flexibility index (Phi) is 15.2. The number of unbranched alkanes of at least 4 members (excludes halogenated alkanes) is 11. The summed E-state index contributed by atoms with van der Waals surface area (Å²) in [5.74, 6) is 5.55. The van der Waals surface area contributed by atoms with E-state index in [4.69, 9.17) is 9.47 Å². The van der Waals surface area contributed by atoms with Crippen molar-refractivity contribution in [3.8, 4) is 11.8 Å².